The van der Waals surface area contributed by atoms with Gasteiger partial charge in [0.05, 0.1) is 11.2 Å². The lowest BCUT2D eigenvalue weighted by Gasteiger charge is -2.37. The first-order valence-electron chi connectivity index (χ1n) is 9.57. The van der Waals surface area contributed by atoms with Gasteiger partial charge in [-0.25, -0.2) is 12.7 Å². The predicted octanol–water partition coefficient (Wildman–Crippen LogP) is 3.39. The number of carbonyl (C=O) groups excluding carboxylic acids is 1. The first-order chi connectivity index (χ1) is 13.4. The predicted molar refractivity (Wildman–Crippen MR) is 102 cm³/mol. The number of hydrogen-bond donors (Lipinski definition) is 0. The second kappa shape index (κ2) is 7.79. The Morgan fingerprint density at radius 3 is 2.14 bits per heavy atom. The minimum Gasteiger partial charge on any atom is -0.406 e. The number of ether oxygens (including phenoxy) is 1. The van der Waals surface area contributed by atoms with Crippen LogP contribution in [0.15, 0.2) is 24.3 Å². The number of rotatable bonds is 5. The molecule has 29 heavy (non-hydrogen) atoms. The van der Waals surface area contributed by atoms with Crippen LogP contribution in [0.25, 0.3) is 0 Å². The molecule has 2 aliphatic heterocycles. The van der Waals surface area contributed by atoms with Crippen molar-refractivity contribution in [2.75, 3.05) is 30.3 Å². The molecule has 0 N–H and O–H groups in total. The highest BCUT2D eigenvalue weighted by molar-refractivity contribution is 7.89. The van der Waals surface area contributed by atoms with Gasteiger partial charge in [0.15, 0.2) is 0 Å². The van der Waals surface area contributed by atoms with E-state index in [0.717, 1.165) is 0 Å². The monoisotopic (exact) mass is 434 g/mol. The van der Waals surface area contributed by atoms with Gasteiger partial charge in [0.25, 0.3) is 0 Å². The number of halogens is 3. The lowest BCUT2D eigenvalue weighted by Crippen LogP contribution is -2.47. The van der Waals surface area contributed by atoms with Crippen molar-refractivity contribution in [3.05, 3.63) is 24.3 Å². The average Bonchev–Trinajstić information content (AvgIpc) is 2.90. The molecule has 1 aromatic rings. The smallest absolute Gasteiger partial charge is 0.406 e. The number of carbonyl (C=O) groups is 1. The summed E-state index contributed by atoms with van der Waals surface area (Å²) in [5, 5.41) is 0. The van der Waals surface area contributed by atoms with Crippen molar-refractivity contribution < 1.29 is 31.1 Å². The molecular weight excluding hydrogens is 409 g/mol. The van der Waals surface area contributed by atoms with Gasteiger partial charge in [-0.15, -0.1) is 13.2 Å². The summed E-state index contributed by atoms with van der Waals surface area (Å²) in [6.07, 6.45) is -3.26. The molecule has 1 amide bonds. The molecule has 0 aliphatic carbocycles. The number of anilines is 1. The first-order valence-corrected chi connectivity index (χ1v) is 11.2. The second-order valence-electron chi connectivity index (χ2n) is 8.10. The summed E-state index contributed by atoms with van der Waals surface area (Å²) in [7, 11) is -3.33. The van der Waals surface area contributed by atoms with Crippen LogP contribution in [-0.2, 0) is 14.8 Å². The van der Waals surface area contributed by atoms with Crippen LogP contribution < -0.4 is 9.64 Å². The topological polar surface area (TPSA) is 66.9 Å². The normalized spacial score (nSPS) is 20.6. The van der Waals surface area contributed by atoms with E-state index in [1.807, 2.05) is 13.8 Å². The van der Waals surface area contributed by atoms with E-state index in [9.17, 15) is 26.4 Å². The van der Waals surface area contributed by atoms with E-state index in [4.69, 9.17) is 0 Å². The van der Waals surface area contributed by atoms with Crippen molar-refractivity contribution in [2.45, 2.75) is 39.5 Å². The van der Waals surface area contributed by atoms with Crippen molar-refractivity contribution >= 4 is 21.6 Å². The molecule has 2 aliphatic rings. The van der Waals surface area contributed by atoms with Crippen molar-refractivity contribution in [2.24, 2.45) is 11.3 Å². The summed E-state index contributed by atoms with van der Waals surface area (Å²) in [4.78, 5) is 14.6. The molecule has 1 spiro atoms. The molecule has 0 unspecified atom stereocenters. The molecule has 0 aromatic heterocycles. The van der Waals surface area contributed by atoms with Gasteiger partial charge in [0, 0.05) is 25.3 Å². The summed E-state index contributed by atoms with van der Waals surface area (Å²) < 4.78 is 67.1. The maximum absolute atomic E-state index is 13.1. The lowest BCUT2D eigenvalue weighted by molar-refractivity contribution is -0.274. The third kappa shape index (κ3) is 4.85. The molecule has 1 aromatic carbocycles. The Bertz CT molecular complexity index is 845. The van der Waals surface area contributed by atoms with Crippen LogP contribution in [0, 0.1) is 11.3 Å². The van der Waals surface area contributed by atoms with Crippen molar-refractivity contribution in [3.8, 4) is 5.75 Å². The van der Waals surface area contributed by atoms with Gasteiger partial charge in [0.1, 0.15) is 5.75 Å². The molecule has 3 rings (SSSR count). The van der Waals surface area contributed by atoms with Crippen LogP contribution in [0.4, 0.5) is 18.9 Å². The van der Waals surface area contributed by atoms with E-state index in [2.05, 4.69) is 4.74 Å². The Hall–Kier alpha value is -1.81. The van der Waals surface area contributed by atoms with Gasteiger partial charge in [0.2, 0.25) is 15.9 Å². The summed E-state index contributed by atoms with van der Waals surface area (Å²) >= 11 is 0. The summed E-state index contributed by atoms with van der Waals surface area (Å²) in [6.45, 7) is 4.79. The van der Waals surface area contributed by atoms with Crippen LogP contribution in [0.5, 0.6) is 5.75 Å². The molecule has 10 heteroatoms. The lowest BCUT2D eigenvalue weighted by atomic mass is 9.77. The largest absolute Gasteiger partial charge is 0.573 e. The Morgan fingerprint density at radius 1 is 1.07 bits per heavy atom. The SMILES string of the molecule is CC(C)CS(=O)(=O)N1CCC2(CCN(c3ccc(OC(F)(F)F)cc3)C2=O)CC1. The Kier molecular flexibility index (Phi) is 5.88. The van der Waals surface area contributed by atoms with Crippen LogP contribution in [-0.4, -0.2) is 50.4 Å². The quantitative estimate of drug-likeness (QED) is 0.713. The molecule has 2 fully saturated rings. The molecule has 162 valence electrons. The second-order valence-corrected chi connectivity index (χ2v) is 10.1. The number of nitrogens with zero attached hydrogens (tertiary/aromatic N) is 2. The van der Waals surface area contributed by atoms with Crippen LogP contribution in [0.2, 0.25) is 0 Å². The number of piperidine rings is 1. The highest BCUT2D eigenvalue weighted by atomic mass is 32.2. The summed E-state index contributed by atoms with van der Waals surface area (Å²) in [5.74, 6) is -0.315. The number of benzene rings is 1. The summed E-state index contributed by atoms with van der Waals surface area (Å²) in [5.41, 5.74) is -0.0957. The minimum atomic E-state index is -4.76. The maximum Gasteiger partial charge on any atom is 0.573 e. The molecule has 6 nitrogen and oxygen atoms in total. The number of amides is 1. The van der Waals surface area contributed by atoms with E-state index < -0.39 is 21.8 Å². The highest BCUT2D eigenvalue weighted by Gasteiger charge is 2.49. The van der Waals surface area contributed by atoms with Crippen molar-refractivity contribution in [3.63, 3.8) is 0 Å². The third-order valence-corrected chi connectivity index (χ3v) is 7.75. The number of sulfonamides is 1. The Balaban J connectivity index is 1.66. The van der Waals surface area contributed by atoms with E-state index in [0.29, 0.717) is 44.6 Å². The average molecular weight is 434 g/mol. The first kappa shape index (κ1) is 21.9. The van der Waals surface area contributed by atoms with E-state index >= 15 is 0 Å². The molecule has 0 bridgehead atoms. The van der Waals surface area contributed by atoms with Crippen LogP contribution >= 0.6 is 0 Å². The van der Waals surface area contributed by atoms with Crippen molar-refractivity contribution in [1.29, 1.82) is 0 Å². The molecule has 0 saturated carbocycles. The maximum atomic E-state index is 13.1. The molecule has 2 heterocycles. The van der Waals surface area contributed by atoms with Gasteiger partial charge >= 0.3 is 6.36 Å². The standard InChI is InChI=1S/C19H25F3N2O4S/c1-14(2)13-29(26,27)23-10-7-18(8-11-23)9-12-24(17(18)25)15-3-5-16(6-4-15)28-19(20,21)22/h3-6,14H,7-13H2,1-2H3. The summed E-state index contributed by atoms with van der Waals surface area (Å²) in [6, 6.07) is 5.23. The fourth-order valence-electron chi connectivity index (χ4n) is 4.08. The van der Waals surface area contributed by atoms with E-state index in [1.165, 1.54) is 28.6 Å². The van der Waals surface area contributed by atoms with Gasteiger partial charge in [-0.05, 0) is 49.4 Å². The van der Waals surface area contributed by atoms with Gasteiger partial charge in [-0.3, -0.25) is 4.79 Å². The van der Waals surface area contributed by atoms with Crippen LogP contribution in [0.1, 0.15) is 33.1 Å². The van der Waals surface area contributed by atoms with E-state index in [1.54, 1.807) is 4.90 Å². The van der Waals surface area contributed by atoms with Crippen LogP contribution in [0.3, 0.4) is 0 Å². The fourth-order valence-corrected chi connectivity index (χ4v) is 5.87. The Morgan fingerprint density at radius 2 is 1.62 bits per heavy atom. The van der Waals surface area contributed by atoms with Gasteiger partial charge in [-0.1, -0.05) is 13.8 Å². The fraction of sp³-hybridized carbons (Fsp3) is 0.632. The van der Waals surface area contributed by atoms with E-state index in [-0.39, 0.29) is 23.3 Å². The molecule has 2 saturated heterocycles. The van der Waals surface area contributed by atoms with Crippen molar-refractivity contribution in [1.82, 2.24) is 4.31 Å². The molecule has 0 radical (unpaired) electrons. The van der Waals surface area contributed by atoms with Gasteiger partial charge < -0.3 is 9.64 Å². The molecule has 0 atom stereocenters. The zero-order chi connectivity index (χ0) is 21.4. The number of hydrogen-bond acceptors (Lipinski definition) is 4. The minimum absolute atomic E-state index is 0.0313. The Labute approximate surface area is 168 Å². The number of alkyl halides is 3. The van der Waals surface area contributed by atoms with Gasteiger partial charge in [-0.2, -0.15) is 0 Å². The molecular formula is C19H25F3N2O4S. The highest BCUT2D eigenvalue weighted by Crippen LogP contribution is 2.43. The zero-order valence-electron chi connectivity index (χ0n) is 16.4. The third-order valence-electron chi connectivity index (χ3n) is 5.51. The zero-order valence-corrected chi connectivity index (χ0v) is 17.2.